The van der Waals surface area contributed by atoms with Crippen molar-refractivity contribution in [3.05, 3.63) is 69.6 Å². The van der Waals surface area contributed by atoms with Crippen molar-refractivity contribution < 1.29 is 4.79 Å². The highest BCUT2D eigenvalue weighted by atomic mass is 16.2. The van der Waals surface area contributed by atoms with Crippen LogP contribution in [0.3, 0.4) is 0 Å². The van der Waals surface area contributed by atoms with E-state index >= 15 is 0 Å². The van der Waals surface area contributed by atoms with Crippen LogP contribution in [0.15, 0.2) is 47.4 Å². The van der Waals surface area contributed by atoms with Gasteiger partial charge in [0, 0.05) is 32.9 Å². The summed E-state index contributed by atoms with van der Waals surface area (Å²) in [5, 5.41) is 2.93. The Hall–Kier alpha value is -2.40. The summed E-state index contributed by atoms with van der Waals surface area (Å²) in [7, 11) is 1.65. The summed E-state index contributed by atoms with van der Waals surface area (Å²) in [6.45, 7) is 5.73. The van der Waals surface area contributed by atoms with Gasteiger partial charge >= 0.3 is 0 Å². The predicted octanol–water partition coefficient (Wildman–Crippen LogP) is 1.95. The van der Waals surface area contributed by atoms with Crippen molar-refractivity contribution in [2.24, 2.45) is 13.0 Å². The molecule has 0 saturated carbocycles. The minimum absolute atomic E-state index is 0.208. The monoisotopic (exact) mass is 339 g/mol. The van der Waals surface area contributed by atoms with E-state index in [0.717, 1.165) is 26.1 Å². The predicted molar refractivity (Wildman–Crippen MR) is 98.6 cm³/mol. The number of hydrogen-bond donors (Lipinski definition) is 1. The van der Waals surface area contributed by atoms with Crippen molar-refractivity contribution in [1.82, 2.24) is 14.8 Å². The molecule has 1 aliphatic heterocycles. The highest BCUT2D eigenvalue weighted by Crippen LogP contribution is 2.19. The van der Waals surface area contributed by atoms with E-state index in [4.69, 9.17) is 0 Å². The van der Waals surface area contributed by atoms with Gasteiger partial charge in [-0.25, -0.2) is 0 Å². The highest BCUT2D eigenvalue weighted by Gasteiger charge is 2.23. The van der Waals surface area contributed by atoms with E-state index in [0.29, 0.717) is 12.5 Å². The third-order valence-electron chi connectivity index (χ3n) is 4.94. The van der Waals surface area contributed by atoms with Crippen LogP contribution in [0.25, 0.3) is 0 Å². The molecule has 0 radical (unpaired) electrons. The Balaban J connectivity index is 1.52. The molecule has 2 heterocycles. The van der Waals surface area contributed by atoms with Gasteiger partial charge in [-0.1, -0.05) is 24.3 Å². The van der Waals surface area contributed by atoms with E-state index < -0.39 is 0 Å². The quantitative estimate of drug-likeness (QED) is 0.906. The maximum absolute atomic E-state index is 12.3. The van der Waals surface area contributed by atoms with E-state index in [-0.39, 0.29) is 17.0 Å². The Morgan fingerprint density at radius 3 is 2.84 bits per heavy atom. The number of pyridine rings is 1. The number of likely N-dealkylation sites (tertiary alicyclic amines) is 1. The van der Waals surface area contributed by atoms with Crippen molar-refractivity contribution in [2.75, 3.05) is 19.6 Å². The minimum atomic E-state index is -0.279. The minimum Gasteiger partial charge on any atom is -0.352 e. The fraction of sp³-hybridized carbons (Fsp3) is 0.400. The molecule has 132 valence electrons. The first kappa shape index (κ1) is 17.4. The molecular weight excluding hydrogens is 314 g/mol. The number of rotatable bonds is 5. The summed E-state index contributed by atoms with van der Waals surface area (Å²) in [6.07, 6.45) is 2.72. The number of nitrogens with one attached hydrogen (secondary N) is 1. The molecule has 1 amide bonds. The number of carbonyl (C=O) groups excluding carboxylic acids is 1. The van der Waals surface area contributed by atoms with E-state index in [1.807, 2.05) is 0 Å². The molecule has 1 aliphatic rings. The molecule has 3 rings (SSSR count). The molecule has 0 aliphatic carbocycles. The summed E-state index contributed by atoms with van der Waals surface area (Å²) in [5.41, 5.74) is 2.63. The lowest BCUT2D eigenvalue weighted by atomic mass is 10.1. The van der Waals surface area contributed by atoms with Gasteiger partial charge in [0.25, 0.3) is 11.5 Å². The highest BCUT2D eigenvalue weighted by molar-refractivity contribution is 5.93. The van der Waals surface area contributed by atoms with Crippen molar-refractivity contribution in [3.8, 4) is 0 Å². The first-order valence-electron chi connectivity index (χ1n) is 8.75. The first-order chi connectivity index (χ1) is 12.0. The van der Waals surface area contributed by atoms with Crippen molar-refractivity contribution >= 4 is 5.91 Å². The summed E-state index contributed by atoms with van der Waals surface area (Å²) in [5.74, 6) is 0.152. The third-order valence-corrected chi connectivity index (χ3v) is 4.94. The second-order valence-electron chi connectivity index (χ2n) is 6.86. The standard InChI is InChI=1S/C20H25N3O2/c1-15-6-3-4-7-17(15)14-23-11-9-16(13-23)12-21-19(24)18-8-5-10-22(2)20(18)25/h3-8,10,16H,9,11-14H2,1-2H3,(H,21,24)/t16-/m0/s1. The molecule has 1 saturated heterocycles. The van der Waals surface area contributed by atoms with Gasteiger partial charge in [-0.3, -0.25) is 14.5 Å². The average Bonchev–Trinajstić information content (AvgIpc) is 3.05. The van der Waals surface area contributed by atoms with Crippen LogP contribution in [0.4, 0.5) is 0 Å². The molecule has 0 unspecified atom stereocenters. The van der Waals surface area contributed by atoms with Crippen molar-refractivity contribution in [2.45, 2.75) is 19.9 Å². The van der Waals surface area contributed by atoms with Gasteiger partial charge in [-0.2, -0.15) is 0 Å². The summed E-state index contributed by atoms with van der Waals surface area (Å²) < 4.78 is 1.43. The van der Waals surface area contributed by atoms with Crippen molar-refractivity contribution in [3.63, 3.8) is 0 Å². The lowest BCUT2D eigenvalue weighted by Crippen LogP contribution is -2.35. The van der Waals surface area contributed by atoms with Gasteiger partial charge in [0.15, 0.2) is 0 Å². The van der Waals surface area contributed by atoms with E-state index in [1.54, 1.807) is 25.4 Å². The van der Waals surface area contributed by atoms with Gasteiger partial charge in [0.1, 0.15) is 5.56 Å². The molecule has 2 aromatic rings. The molecule has 1 aromatic heterocycles. The molecule has 1 atom stereocenters. The second kappa shape index (κ2) is 7.66. The Labute approximate surface area is 148 Å². The fourth-order valence-corrected chi connectivity index (χ4v) is 3.35. The molecule has 1 fully saturated rings. The number of amides is 1. The van der Waals surface area contributed by atoms with Crippen LogP contribution in [0.2, 0.25) is 0 Å². The van der Waals surface area contributed by atoms with E-state index in [1.165, 1.54) is 15.7 Å². The lowest BCUT2D eigenvalue weighted by Gasteiger charge is -2.17. The third kappa shape index (κ3) is 4.17. The van der Waals surface area contributed by atoms with Gasteiger partial charge in [-0.05, 0) is 49.1 Å². The van der Waals surface area contributed by atoms with Crippen LogP contribution < -0.4 is 10.9 Å². The zero-order valence-corrected chi connectivity index (χ0v) is 14.9. The van der Waals surface area contributed by atoms with Crippen LogP contribution in [0.5, 0.6) is 0 Å². The topological polar surface area (TPSA) is 54.3 Å². The van der Waals surface area contributed by atoms with E-state index in [9.17, 15) is 9.59 Å². The number of aromatic nitrogens is 1. The summed E-state index contributed by atoms with van der Waals surface area (Å²) in [6, 6.07) is 11.8. The van der Waals surface area contributed by atoms with E-state index in [2.05, 4.69) is 41.4 Å². The molecule has 5 nitrogen and oxygen atoms in total. The average molecular weight is 339 g/mol. The smallest absolute Gasteiger partial charge is 0.263 e. The number of aryl methyl sites for hydroxylation is 2. The van der Waals surface area contributed by atoms with Gasteiger partial charge in [-0.15, -0.1) is 0 Å². The normalized spacial score (nSPS) is 17.6. The summed E-state index contributed by atoms with van der Waals surface area (Å²) >= 11 is 0. The zero-order chi connectivity index (χ0) is 17.8. The van der Waals surface area contributed by atoms with Crippen LogP contribution >= 0.6 is 0 Å². The van der Waals surface area contributed by atoms with Gasteiger partial charge < -0.3 is 9.88 Å². The summed E-state index contributed by atoms with van der Waals surface area (Å²) in [4.78, 5) is 26.7. The Bertz CT molecular complexity index is 813. The number of hydrogen-bond acceptors (Lipinski definition) is 3. The number of carbonyl (C=O) groups is 1. The molecule has 1 N–H and O–H groups in total. The SMILES string of the molecule is Cc1ccccc1CN1CC[C@@H](CNC(=O)c2cccn(C)c2=O)C1. The number of nitrogens with zero attached hydrogens (tertiary/aromatic N) is 2. The number of benzene rings is 1. The van der Waals surface area contributed by atoms with Crippen LogP contribution in [0.1, 0.15) is 27.9 Å². The van der Waals surface area contributed by atoms with Crippen molar-refractivity contribution in [1.29, 1.82) is 0 Å². The molecular formula is C20H25N3O2. The molecule has 5 heteroatoms. The van der Waals surface area contributed by atoms with Crippen LogP contribution in [-0.4, -0.2) is 35.0 Å². The largest absolute Gasteiger partial charge is 0.352 e. The Morgan fingerprint density at radius 2 is 2.04 bits per heavy atom. The molecule has 0 bridgehead atoms. The van der Waals surface area contributed by atoms with Gasteiger partial charge in [0.05, 0.1) is 0 Å². The first-order valence-corrected chi connectivity index (χ1v) is 8.75. The van der Waals surface area contributed by atoms with Crippen LogP contribution in [-0.2, 0) is 13.6 Å². The fourth-order valence-electron chi connectivity index (χ4n) is 3.35. The molecule has 1 aromatic carbocycles. The van der Waals surface area contributed by atoms with Crippen LogP contribution in [0, 0.1) is 12.8 Å². The zero-order valence-electron chi connectivity index (χ0n) is 14.9. The Morgan fingerprint density at radius 1 is 1.24 bits per heavy atom. The Kier molecular flexibility index (Phi) is 5.34. The molecule has 0 spiro atoms. The molecule has 25 heavy (non-hydrogen) atoms. The second-order valence-corrected chi connectivity index (χ2v) is 6.86. The maximum atomic E-state index is 12.3. The lowest BCUT2D eigenvalue weighted by molar-refractivity contribution is 0.0945. The van der Waals surface area contributed by atoms with Gasteiger partial charge in [0.2, 0.25) is 0 Å². The maximum Gasteiger partial charge on any atom is 0.263 e.